The van der Waals surface area contributed by atoms with Gasteiger partial charge in [0.1, 0.15) is 12.2 Å². The van der Waals surface area contributed by atoms with E-state index in [-0.39, 0.29) is 40.0 Å². The number of nitrogens with zero attached hydrogens (tertiary/aromatic N) is 1. The molecule has 0 N–H and O–H groups in total. The van der Waals surface area contributed by atoms with Crippen molar-refractivity contribution in [3.8, 4) is 0 Å². The third-order valence-corrected chi connectivity index (χ3v) is 16.5. The van der Waals surface area contributed by atoms with E-state index in [0.29, 0.717) is 0 Å². The van der Waals surface area contributed by atoms with E-state index < -0.39 is 20.0 Å². The van der Waals surface area contributed by atoms with Crippen LogP contribution in [-0.2, 0) is 34.4 Å². The molecule has 1 saturated carbocycles. The first-order valence-electron chi connectivity index (χ1n) is 18.1. The molecule has 2 aliphatic carbocycles. The molecule has 47 heavy (non-hydrogen) atoms. The molecule has 6 rings (SSSR count). The Morgan fingerprint density at radius 3 is 2.11 bits per heavy atom. The van der Waals surface area contributed by atoms with Crippen LogP contribution in [-0.4, -0.2) is 32.5 Å². The highest BCUT2D eigenvalue weighted by Crippen LogP contribution is 2.63. The second-order valence-electron chi connectivity index (χ2n) is 18.1. The topological polar surface area (TPSA) is 66.9 Å². The lowest BCUT2D eigenvalue weighted by Gasteiger charge is -2.54. The molecule has 0 bridgehead atoms. The molecular formula is C40H59NO5Si-. The molecule has 1 unspecified atom stereocenters. The summed E-state index contributed by atoms with van der Waals surface area (Å²) >= 11 is 0. The van der Waals surface area contributed by atoms with Crippen molar-refractivity contribution in [2.45, 2.75) is 161 Å². The zero-order chi connectivity index (χ0) is 34.2. The summed E-state index contributed by atoms with van der Waals surface area (Å²) in [6, 6.07) is 9.12. The van der Waals surface area contributed by atoms with Crippen LogP contribution in [0.4, 0.5) is 0 Å². The van der Waals surface area contributed by atoms with E-state index in [1.165, 1.54) is 29.2 Å². The van der Waals surface area contributed by atoms with Crippen molar-refractivity contribution >= 4 is 14.3 Å². The van der Waals surface area contributed by atoms with Crippen LogP contribution in [0.25, 0.3) is 0 Å². The van der Waals surface area contributed by atoms with Crippen molar-refractivity contribution < 1.29 is 23.4 Å². The van der Waals surface area contributed by atoms with Crippen LogP contribution in [0, 0.1) is 5.41 Å². The van der Waals surface area contributed by atoms with Crippen LogP contribution in [0.15, 0.2) is 24.3 Å². The fourth-order valence-electron chi connectivity index (χ4n) is 8.34. The summed E-state index contributed by atoms with van der Waals surface area (Å²) in [5.74, 6) is -0.0153. The van der Waals surface area contributed by atoms with E-state index in [1.807, 2.05) is 0 Å². The largest absolute Gasteiger partial charge is 0.559 e. The fourth-order valence-corrected chi connectivity index (χ4v) is 9.60. The molecule has 1 spiro atoms. The maximum absolute atomic E-state index is 12.7. The number of ether oxygens (including phenoxy) is 3. The van der Waals surface area contributed by atoms with Crippen molar-refractivity contribution in [1.29, 1.82) is 0 Å². The monoisotopic (exact) mass is 661 g/mol. The van der Waals surface area contributed by atoms with Gasteiger partial charge in [0.25, 0.3) is 0 Å². The number of benzene rings is 1. The zero-order valence-corrected chi connectivity index (χ0v) is 32.0. The number of hydrogen-bond donors (Lipinski definition) is 0. The second-order valence-corrected chi connectivity index (χ2v) is 22.8. The second kappa shape index (κ2) is 12.1. The predicted molar refractivity (Wildman–Crippen MR) is 189 cm³/mol. The molecule has 1 aromatic heterocycles. The van der Waals surface area contributed by atoms with Gasteiger partial charge in [-0.15, -0.1) is 18.1 Å². The Hall–Kier alpha value is -2.06. The first kappa shape index (κ1) is 34.8. The highest BCUT2D eigenvalue weighted by molar-refractivity contribution is 6.74. The van der Waals surface area contributed by atoms with Gasteiger partial charge in [0.2, 0.25) is 0 Å². The van der Waals surface area contributed by atoms with Gasteiger partial charge in [-0.2, -0.15) is 0 Å². The number of carbonyl (C=O) groups is 1. The number of aromatic nitrogens is 1. The molecule has 2 fully saturated rings. The highest BCUT2D eigenvalue weighted by Gasteiger charge is 2.55. The summed E-state index contributed by atoms with van der Waals surface area (Å²) in [6.07, 6.45) is 6.01. The standard InChI is InChI=1S/C40H59NO5Si/c1-25(42)44-36-34-30(29(24-39(36,8)9)46-47(10,11)38(5,6)7)32-31(33(41-34)26-18-22-43-23-19-26)35(45-40(32)20-12-13-21-40)27-14-16-28(17-15-27)37(2,3)4/h14-17,26,29,35-36H,12-13,18-24H2,1-11H3/q-1/t29?,35-,36+/m1/s1. The van der Waals surface area contributed by atoms with Gasteiger partial charge in [-0.05, 0) is 62.5 Å². The Bertz CT molecular complexity index is 1490. The zero-order valence-electron chi connectivity index (χ0n) is 31.0. The number of hydrogen-bond acceptors (Lipinski definition) is 6. The maximum atomic E-state index is 12.7. The summed E-state index contributed by atoms with van der Waals surface area (Å²) in [5.41, 5.74) is 7.55. The normalized spacial score (nSPS) is 25.9. The fraction of sp³-hybridized carbons (Fsp3) is 0.700. The third-order valence-electron chi connectivity index (χ3n) is 12.0. The van der Waals surface area contributed by atoms with E-state index >= 15 is 0 Å². The number of pyridine rings is 1. The Balaban J connectivity index is 1.65. The van der Waals surface area contributed by atoms with Crippen molar-refractivity contribution in [2.75, 3.05) is 13.2 Å². The van der Waals surface area contributed by atoms with E-state index in [2.05, 4.69) is 92.7 Å². The molecule has 259 valence electrons. The maximum Gasteiger partial charge on any atom is 0.303 e. The molecule has 1 saturated heterocycles. The molecule has 0 amide bonds. The lowest BCUT2D eigenvalue weighted by Crippen LogP contribution is -2.45. The van der Waals surface area contributed by atoms with Crippen LogP contribution in [0.5, 0.6) is 0 Å². The van der Waals surface area contributed by atoms with Gasteiger partial charge in [-0.3, -0.25) is 9.78 Å². The third kappa shape index (κ3) is 6.28. The average molecular weight is 662 g/mol. The SMILES string of the molecule is CC(=O)O[C@H]1c2nc(C3CCOCC3)c3c(c2C(O[Si-](C)(C)C(C)(C)C)CC1(C)C)C1(CCCC1)O[C@@H]3c1ccc(C(C)(C)C)cc1. The van der Waals surface area contributed by atoms with Crippen molar-refractivity contribution in [2.24, 2.45) is 5.41 Å². The molecule has 3 heterocycles. The van der Waals surface area contributed by atoms with Crippen molar-refractivity contribution in [3.63, 3.8) is 0 Å². The van der Waals surface area contributed by atoms with Crippen molar-refractivity contribution in [3.05, 3.63) is 63.5 Å². The molecule has 6 nitrogen and oxygen atoms in total. The van der Waals surface area contributed by atoms with E-state index in [1.54, 1.807) is 0 Å². The van der Waals surface area contributed by atoms with Gasteiger partial charge < -0.3 is 18.6 Å². The first-order valence-corrected chi connectivity index (χ1v) is 21.0. The molecule has 7 heteroatoms. The van der Waals surface area contributed by atoms with Crippen LogP contribution in [0.1, 0.15) is 171 Å². The van der Waals surface area contributed by atoms with Gasteiger partial charge >= 0.3 is 5.97 Å². The average Bonchev–Trinajstić information content (AvgIpc) is 3.58. The minimum absolute atomic E-state index is 0.0432. The van der Waals surface area contributed by atoms with Gasteiger partial charge in [-0.25, -0.2) is 0 Å². The highest BCUT2D eigenvalue weighted by atomic mass is 28.4. The van der Waals surface area contributed by atoms with Crippen LogP contribution < -0.4 is 0 Å². The molecule has 3 atom stereocenters. The number of fused-ring (bicyclic) bond motifs is 4. The molecule has 4 aliphatic rings. The number of esters is 1. The first-order chi connectivity index (χ1) is 21.8. The van der Waals surface area contributed by atoms with E-state index in [9.17, 15) is 4.79 Å². The molecule has 2 aliphatic heterocycles. The molecule has 2 aromatic rings. The summed E-state index contributed by atoms with van der Waals surface area (Å²) < 4.78 is 27.1. The van der Waals surface area contributed by atoms with Crippen LogP contribution in [0.2, 0.25) is 18.1 Å². The van der Waals surface area contributed by atoms with Gasteiger partial charge in [0.15, 0.2) is 0 Å². The molecule has 1 aromatic carbocycles. The lowest BCUT2D eigenvalue weighted by molar-refractivity contribution is -0.156. The Morgan fingerprint density at radius 1 is 0.936 bits per heavy atom. The van der Waals surface area contributed by atoms with Crippen LogP contribution >= 0.6 is 0 Å². The summed E-state index contributed by atoms with van der Waals surface area (Å²) in [7, 11) is -2.21. The smallest absolute Gasteiger partial charge is 0.303 e. The van der Waals surface area contributed by atoms with Crippen molar-refractivity contribution in [1.82, 2.24) is 4.98 Å². The van der Waals surface area contributed by atoms with Gasteiger partial charge in [0.05, 0.1) is 17.0 Å². The minimum atomic E-state index is -2.21. The Labute approximate surface area is 284 Å². The Morgan fingerprint density at radius 2 is 1.55 bits per heavy atom. The van der Waals surface area contributed by atoms with Gasteiger partial charge in [0, 0.05) is 48.7 Å². The van der Waals surface area contributed by atoms with E-state index in [4.69, 9.17) is 23.6 Å². The minimum Gasteiger partial charge on any atom is -0.559 e. The molecule has 0 radical (unpaired) electrons. The summed E-state index contributed by atoms with van der Waals surface area (Å²) in [6.45, 7) is 25.8. The lowest BCUT2D eigenvalue weighted by atomic mass is 9.68. The summed E-state index contributed by atoms with van der Waals surface area (Å²) in [4.78, 5) is 18.4. The number of carbonyl (C=O) groups excluding carboxylic acids is 1. The molecular weight excluding hydrogens is 603 g/mol. The van der Waals surface area contributed by atoms with E-state index in [0.717, 1.165) is 75.1 Å². The Kier molecular flexibility index (Phi) is 8.93. The summed E-state index contributed by atoms with van der Waals surface area (Å²) in [5, 5.41) is 0.0432. The number of rotatable bonds is 5. The van der Waals surface area contributed by atoms with Crippen LogP contribution in [0.3, 0.4) is 0 Å². The van der Waals surface area contributed by atoms with Gasteiger partial charge in [-0.1, -0.05) is 92.5 Å². The quantitative estimate of drug-likeness (QED) is 0.235. The predicted octanol–water partition coefficient (Wildman–Crippen LogP) is 10.3.